The molecule has 0 atom stereocenters. The lowest BCUT2D eigenvalue weighted by molar-refractivity contribution is -0.116. The molecular formula is C18H20N2O2S. The first-order valence-electron chi connectivity index (χ1n) is 7.67. The third-order valence-corrected chi connectivity index (χ3v) is 5.31. The zero-order chi connectivity index (χ0) is 16.6. The summed E-state index contributed by atoms with van der Waals surface area (Å²) in [6, 6.07) is 7.71. The van der Waals surface area contributed by atoms with Gasteiger partial charge in [0.1, 0.15) is 0 Å². The first-order valence-corrected chi connectivity index (χ1v) is 8.55. The third-order valence-electron chi connectivity index (χ3n) is 4.30. The second-order valence-corrected chi connectivity index (χ2v) is 6.95. The molecule has 0 radical (unpaired) electrons. The molecule has 0 fully saturated rings. The largest absolute Gasteiger partial charge is 0.337 e. The summed E-state index contributed by atoms with van der Waals surface area (Å²) in [5.74, 6) is 0.0648. The van der Waals surface area contributed by atoms with Crippen molar-refractivity contribution >= 4 is 28.8 Å². The van der Waals surface area contributed by atoms with Crippen LogP contribution in [-0.2, 0) is 17.8 Å². The molecule has 1 aliphatic rings. The summed E-state index contributed by atoms with van der Waals surface area (Å²) in [7, 11) is 1.83. The molecule has 2 heterocycles. The number of aryl methyl sites for hydroxylation is 1. The van der Waals surface area contributed by atoms with Crippen molar-refractivity contribution in [3.8, 4) is 0 Å². The first kappa shape index (κ1) is 15.7. The number of hydrogen-bond donors (Lipinski definition) is 0. The Labute approximate surface area is 140 Å². The van der Waals surface area contributed by atoms with Crippen LogP contribution in [0.25, 0.3) is 0 Å². The van der Waals surface area contributed by atoms with Gasteiger partial charge in [-0.3, -0.25) is 9.59 Å². The van der Waals surface area contributed by atoms with Crippen LogP contribution in [-0.4, -0.2) is 30.3 Å². The van der Waals surface area contributed by atoms with Gasteiger partial charge in [-0.25, -0.2) is 0 Å². The highest BCUT2D eigenvalue weighted by Crippen LogP contribution is 2.29. The lowest BCUT2D eigenvalue weighted by Crippen LogP contribution is -2.26. The van der Waals surface area contributed by atoms with Gasteiger partial charge in [0.05, 0.1) is 6.54 Å². The third kappa shape index (κ3) is 3.01. The molecule has 1 aromatic carbocycles. The van der Waals surface area contributed by atoms with Gasteiger partial charge >= 0.3 is 0 Å². The summed E-state index contributed by atoms with van der Waals surface area (Å²) in [4.78, 5) is 29.0. The summed E-state index contributed by atoms with van der Waals surface area (Å²) in [6.45, 7) is 4.97. The minimum atomic E-state index is 0.0156. The van der Waals surface area contributed by atoms with Gasteiger partial charge in [-0.05, 0) is 54.1 Å². The zero-order valence-electron chi connectivity index (χ0n) is 13.6. The average molecular weight is 328 g/mol. The van der Waals surface area contributed by atoms with Gasteiger partial charge in [0.25, 0.3) is 5.91 Å². The number of fused-ring (bicyclic) bond motifs is 1. The predicted octanol–water partition coefficient (Wildman–Crippen LogP) is 3.24. The van der Waals surface area contributed by atoms with E-state index in [9.17, 15) is 9.59 Å². The molecule has 4 nitrogen and oxygen atoms in total. The van der Waals surface area contributed by atoms with Crippen molar-refractivity contribution in [1.82, 2.24) is 4.90 Å². The van der Waals surface area contributed by atoms with E-state index in [0.29, 0.717) is 18.7 Å². The fraction of sp³-hybridized carbons (Fsp3) is 0.333. The molecule has 0 spiro atoms. The lowest BCUT2D eigenvalue weighted by atomic mass is 10.1. The molecule has 2 amide bonds. The number of carbonyl (C=O) groups excluding carboxylic acids is 2. The van der Waals surface area contributed by atoms with Crippen LogP contribution in [0.1, 0.15) is 33.3 Å². The number of nitrogens with zero attached hydrogens (tertiary/aromatic N) is 2. The van der Waals surface area contributed by atoms with Crippen LogP contribution >= 0.6 is 11.3 Å². The Kier molecular flexibility index (Phi) is 4.22. The van der Waals surface area contributed by atoms with E-state index in [1.165, 1.54) is 10.4 Å². The fourth-order valence-electron chi connectivity index (χ4n) is 2.94. The van der Waals surface area contributed by atoms with Crippen LogP contribution < -0.4 is 4.90 Å². The molecule has 120 valence electrons. The topological polar surface area (TPSA) is 40.6 Å². The molecule has 0 bridgehead atoms. The van der Waals surface area contributed by atoms with Crippen LogP contribution in [0.15, 0.2) is 29.6 Å². The SMILES string of the molecule is CC(=O)N1CCc2cc(C(=O)N(C)Cc3sccc3C)ccc21. The van der Waals surface area contributed by atoms with E-state index in [1.54, 1.807) is 28.1 Å². The maximum atomic E-state index is 12.6. The minimum Gasteiger partial charge on any atom is -0.337 e. The molecule has 0 aliphatic carbocycles. The van der Waals surface area contributed by atoms with Gasteiger partial charge in [-0.15, -0.1) is 11.3 Å². The number of hydrogen-bond acceptors (Lipinski definition) is 3. The minimum absolute atomic E-state index is 0.0156. The Morgan fingerprint density at radius 2 is 2.09 bits per heavy atom. The van der Waals surface area contributed by atoms with Crippen LogP contribution in [0.5, 0.6) is 0 Å². The number of amides is 2. The molecule has 0 unspecified atom stereocenters. The van der Waals surface area contributed by atoms with Gasteiger partial charge in [0.2, 0.25) is 5.91 Å². The Hall–Kier alpha value is -2.14. The van der Waals surface area contributed by atoms with Crippen molar-refractivity contribution in [2.75, 3.05) is 18.5 Å². The lowest BCUT2D eigenvalue weighted by Gasteiger charge is -2.18. The molecule has 3 rings (SSSR count). The Morgan fingerprint density at radius 1 is 1.30 bits per heavy atom. The average Bonchev–Trinajstić information content (AvgIpc) is 3.12. The van der Waals surface area contributed by atoms with E-state index in [0.717, 1.165) is 17.7 Å². The van der Waals surface area contributed by atoms with Gasteiger partial charge in [0.15, 0.2) is 0 Å². The molecule has 1 aromatic heterocycles. The fourth-order valence-corrected chi connectivity index (χ4v) is 3.89. The van der Waals surface area contributed by atoms with E-state index in [-0.39, 0.29) is 11.8 Å². The van der Waals surface area contributed by atoms with Crippen molar-refractivity contribution in [2.24, 2.45) is 0 Å². The van der Waals surface area contributed by atoms with Gasteiger partial charge < -0.3 is 9.80 Å². The van der Waals surface area contributed by atoms with Crippen molar-refractivity contribution in [3.63, 3.8) is 0 Å². The molecule has 0 saturated carbocycles. The number of carbonyl (C=O) groups is 2. The first-order chi connectivity index (χ1) is 11.0. The normalized spacial score (nSPS) is 13.1. The quantitative estimate of drug-likeness (QED) is 0.868. The predicted molar refractivity (Wildman–Crippen MR) is 93.0 cm³/mol. The number of rotatable bonds is 3. The second kappa shape index (κ2) is 6.16. The standard InChI is InChI=1S/C18H20N2O2S/c1-12-7-9-23-17(12)11-19(3)18(22)15-4-5-16-14(10-15)6-8-20(16)13(2)21/h4-5,7,9-10H,6,8,11H2,1-3H3. The van der Waals surface area contributed by atoms with Crippen LogP contribution in [0.2, 0.25) is 0 Å². The highest BCUT2D eigenvalue weighted by molar-refractivity contribution is 7.10. The molecule has 23 heavy (non-hydrogen) atoms. The zero-order valence-corrected chi connectivity index (χ0v) is 14.4. The Balaban J connectivity index is 1.78. The maximum absolute atomic E-state index is 12.6. The number of thiophene rings is 1. The second-order valence-electron chi connectivity index (χ2n) is 5.95. The monoisotopic (exact) mass is 328 g/mol. The summed E-state index contributed by atoms with van der Waals surface area (Å²) in [5, 5.41) is 2.05. The summed E-state index contributed by atoms with van der Waals surface area (Å²) < 4.78 is 0. The van der Waals surface area contributed by atoms with Crippen molar-refractivity contribution in [3.05, 3.63) is 51.2 Å². The molecule has 2 aromatic rings. The van der Waals surface area contributed by atoms with Crippen LogP contribution in [0.3, 0.4) is 0 Å². The van der Waals surface area contributed by atoms with E-state index in [4.69, 9.17) is 0 Å². The number of anilines is 1. The van der Waals surface area contributed by atoms with E-state index in [1.807, 2.05) is 25.2 Å². The summed E-state index contributed by atoms with van der Waals surface area (Å²) >= 11 is 1.68. The Morgan fingerprint density at radius 3 is 2.74 bits per heavy atom. The molecule has 5 heteroatoms. The van der Waals surface area contributed by atoms with Crippen LogP contribution in [0, 0.1) is 6.92 Å². The maximum Gasteiger partial charge on any atom is 0.253 e. The highest BCUT2D eigenvalue weighted by atomic mass is 32.1. The molecular weight excluding hydrogens is 308 g/mol. The van der Waals surface area contributed by atoms with Crippen molar-refractivity contribution < 1.29 is 9.59 Å². The molecule has 1 aliphatic heterocycles. The Bertz CT molecular complexity index is 766. The van der Waals surface area contributed by atoms with Crippen molar-refractivity contribution in [1.29, 1.82) is 0 Å². The van der Waals surface area contributed by atoms with Gasteiger partial charge in [-0.1, -0.05) is 0 Å². The van der Waals surface area contributed by atoms with E-state index >= 15 is 0 Å². The molecule has 0 N–H and O–H groups in total. The summed E-state index contributed by atoms with van der Waals surface area (Å²) in [5.41, 5.74) is 3.92. The highest BCUT2D eigenvalue weighted by Gasteiger charge is 2.24. The number of benzene rings is 1. The van der Waals surface area contributed by atoms with Crippen molar-refractivity contribution in [2.45, 2.75) is 26.8 Å². The van der Waals surface area contributed by atoms with Gasteiger partial charge in [0, 0.05) is 36.6 Å². The summed E-state index contributed by atoms with van der Waals surface area (Å²) in [6.07, 6.45) is 0.809. The molecule has 0 saturated heterocycles. The van der Waals surface area contributed by atoms with Crippen LogP contribution in [0.4, 0.5) is 5.69 Å². The van der Waals surface area contributed by atoms with E-state index < -0.39 is 0 Å². The van der Waals surface area contributed by atoms with Gasteiger partial charge in [-0.2, -0.15) is 0 Å². The smallest absolute Gasteiger partial charge is 0.253 e. The van der Waals surface area contributed by atoms with E-state index in [2.05, 4.69) is 18.4 Å².